The Morgan fingerprint density at radius 1 is 1.26 bits per heavy atom. The molecule has 0 bridgehead atoms. The van der Waals surface area contributed by atoms with Crippen LogP contribution >= 0.6 is 0 Å². The first kappa shape index (κ1) is 21.2. The van der Waals surface area contributed by atoms with Crippen molar-refractivity contribution < 1.29 is 24.2 Å². The molecule has 1 fully saturated rings. The Labute approximate surface area is 161 Å². The molecule has 2 unspecified atom stereocenters. The maximum absolute atomic E-state index is 12.7. The van der Waals surface area contributed by atoms with Gasteiger partial charge in [-0.1, -0.05) is 27.7 Å². The maximum Gasteiger partial charge on any atom is 0.330 e. The molecule has 27 heavy (non-hydrogen) atoms. The van der Waals surface area contributed by atoms with Gasteiger partial charge in [0.1, 0.15) is 11.3 Å². The Hall–Kier alpha value is -2.08. The van der Waals surface area contributed by atoms with Crippen molar-refractivity contribution in [2.24, 2.45) is 11.3 Å². The van der Waals surface area contributed by atoms with Crippen molar-refractivity contribution in [3.05, 3.63) is 29.8 Å². The molecule has 2 N–H and O–H groups in total. The summed E-state index contributed by atoms with van der Waals surface area (Å²) in [5.41, 5.74) is -1.64. The number of ether oxygens (including phenoxy) is 2. The van der Waals surface area contributed by atoms with Gasteiger partial charge in [-0.05, 0) is 43.5 Å². The molecule has 0 aromatic heterocycles. The Morgan fingerprint density at radius 2 is 1.89 bits per heavy atom. The van der Waals surface area contributed by atoms with Crippen LogP contribution in [0.5, 0.6) is 5.75 Å². The third-order valence-electron chi connectivity index (χ3n) is 5.54. The molecule has 0 radical (unpaired) electrons. The fraction of sp³-hybridized carbons (Fsp3) is 0.619. The van der Waals surface area contributed by atoms with Crippen molar-refractivity contribution in [2.45, 2.75) is 59.1 Å². The lowest BCUT2D eigenvalue weighted by molar-refractivity contribution is -0.190. The van der Waals surface area contributed by atoms with Gasteiger partial charge in [0.15, 0.2) is 0 Å². The summed E-state index contributed by atoms with van der Waals surface area (Å²) >= 11 is 0. The Balaban J connectivity index is 2.05. The minimum Gasteiger partial charge on any atom is -0.494 e. The monoisotopic (exact) mass is 377 g/mol. The molecule has 1 aliphatic rings. The van der Waals surface area contributed by atoms with Crippen LogP contribution in [0.1, 0.15) is 57.8 Å². The van der Waals surface area contributed by atoms with Crippen LogP contribution < -0.4 is 10.1 Å². The molecular formula is C21H31NO5. The number of nitrogens with one attached hydrogen (secondary N) is 1. The molecule has 1 amide bonds. The second-order valence-electron chi connectivity index (χ2n) is 8.09. The molecule has 2 atom stereocenters. The number of amides is 1. The molecule has 1 saturated carbocycles. The maximum atomic E-state index is 12.7. The first-order valence-electron chi connectivity index (χ1n) is 9.54. The number of hydrogen-bond acceptors (Lipinski definition) is 4. The van der Waals surface area contributed by atoms with Crippen LogP contribution in [0.3, 0.4) is 0 Å². The molecule has 0 saturated heterocycles. The number of benzene rings is 1. The molecule has 1 aromatic rings. The minimum absolute atomic E-state index is 0.198. The van der Waals surface area contributed by atoms with Gasteiger partial charge in [0.2, 0.25) is 0 Å². The largest absolute Gasteiger partial charge is 0.494 e. The third-order valence-corrected chi connectivity index (χ3v) is 5.54. The van der Waals surface area contributed by atoms with Gasteiger partial charge >= 0.3 is 5.97 Å². The Morgan fingerprint density at radius 3 is 2.37 bits per heavy atom. The molecule has 6 nitrogen and oxygen atoms in total. The van der Waals surface area contributed by atoms with Gasteiger partial charge in [0.05, 0.1) is 12.7 Å². The highest BCUT2D eigenvalue weighted by Crippen LogP contribution is 2.51. The molecule has 1 aliphatic carbocycles. The Kier molecular flexibility index (Phi) is 6.52. The second kappa shape index (κ2) is 8.30. The zero-order chi connectivity index (χ0) is 20.2. The van der Waals surface area contributed by atoms with Gasteiger partial charge in [-0.3, -0.25) is 4.79 Å². The van der Waals surface area contributed by atoms with Crippen molar-refractivity contribution in [3.8, 4) is 5.75 Å². The second-order valence-corrected chi connectivity index (χ2v) is 8.09. The van der Waals surface area contributed by atoms with Crippen LogP contribution in [-0.2, 0) is 9.53 Å². The summed E-state index contributed by atoms with van der Waals surface area (Å²) in [5.74, 6) is -0.186. The molecule has 2 rings (SSSR count). The highest BCUT2D eigenvalue weighted by Gasteiger charge is 2.66. The van der Waals surface area contributed by atoms with E-state index < -0.39 is 22.8 Å². The predicted molar refractivity (Wildman–Crippen MR) is 103 cm³/mol. The predicted octanol–water partition coefficient (Wildman–Crippen LogP) is 3.50. The summed E-state index contributed by atoms with van der Waals surface area (Å²) in [6, 6.07) is 6.78. The fourth-order valence-electron chi connectivity index (χ4n) is 3.42. The lowest BCUT2D eigenvalue weighted by Gasteiger charge is -2.58. The van der Waals surface area contributed by atoms with E-state index in [1.165, 1.54) is 0 Å². The van der Waals surface area contributed by atoms with E-state index in [0.29, 0.717) is 30.4 Å². The van der Waals surface area contributed by atoms with E-state index in [0.717, 1.165) is 6.42 Å². The van der Waals surface area contributed by atoms with Gasteiger partial charge < -0.3 is 19.9 Å². The number of carbonyl (C=O) groups excluding carboxylic acids is 1. The first-order valence-corrected chi connectivity index (χ1v) is 9.54. The number of carboxylic acid groups (broad SMARTS) is 1. The van der Waals surface area contributed by atoms with Crippen molar-refractivity contribution in [2.75, 3.05) is 13.2 Å². The number of carbonyl (C=O) groups is 2. The highest BCUT2D eigenvalue weighted by molar-refractivity contribution is 5.98. The summed E-state index contributed by atoms with van der Waals surface area (Å²) in [7, 11) is 0. The van der Waals surface area contributed by atoms with Crippen molar-refractivity contribution >= 4 is 11.9 Å². The standard InChI is InChI=1S/C21H31NO5/c1-6-26-17-13-21(19(24)25,20(17,4)5)22-18(23)15-7-9-16(10-8-15)27-12-11-14(2)3/h7-10,14,17H,6,11-13H2,1-5H3,(H,22,23)(H,24,25). The van der Waals surface area contributed by atoms with E-state index >= 15 is 0 Å². The molecule has 6 heteroatoms. The van der Waals surface area contributed by atoms with Crippen LogP contribution in [0.25, 0.3) is 0 Å². The summed E-state index contributed by atoms with van der Waals surface area (Å²) < 4.78 is 11.3. The lowest BCUT2D eigenvalue weighted by atomic mass is 9.54. The topological polar surface area (TPSA) is 84.9 Å². The van der Waals surface area contributed by atoms with Crippen LogP contribution in [0.2, 0.25) is 0 Å². The summed E-state index contributed by atoms with van der Waals surface area (Å²) in [6.45, 7) is 10.9. The summed E-state index contributed by atoms with van der Waals surface area (Å²) in [4.78, 5) is 24.6. The minimum atomic E-state index is -1.34. The zero-order valence-electron chi connectivity index (χ0n) is 16.9. The lowest BCUT2D eigenvalue weighted by Crippen LogP contribution is -2.76. The average molecular weight is 377 g/mol. The molecule has 0 aliphatic heterocycles. The highest BCUT2D eigenvalue weighted by atomic mass is 16.5. The van der Waals surface area contributed by atoms with Crippen LogP contribution in [-0.4, -0.2) is 41.8 Å². The van der Waals surface area contributed by atoms with E-state index in [9.17, 15) is 14.7 Å². The van der Waals surface area contributed by atoms with Crippen molar-refractivity contribution in [1.82, 2.24) is 5.32 Å². The quantitative estimate of drug-likeness (QED) is 0.688. The van der Waals surface area contributed by atoms with Crippen molar-refractivity contribution in [1.29, 1.82) is 0 Å². The number of rotatable bonds is 9. The number of aliphatic carboxylic acids is 1. The fourth-order valence-corrected chi connectivity index (χ4v) is 3.42. The van der Waals surface area contributed by atoms with Gasteiger partial charge in [0.25, 0.3) is 5.91 Å². The van der Waals surface area contributed by atoms with E-state index in [1.807, 2.05) is 20.8 Å². The van der Waals surface area contributed by atoms with Crippen LogP contribution in [0.4, 0.5) is 0 Å². The van der Waals surface area contributed by atoms with E-state index in [2.05, 4.69) is 19.2 Å². The van der Waals surface area contributed by atoms with Crippen LogP contribution in [0, 0.1) is 11.3 Å². The molecule has 1 aromatic carbocycles. The van der Waals surface area contributed by atoms with Gasteiger partial charge in [-0.25, -0.2) is 4.79 Å². The zero-order valence-corrected chi connectivity index (χ0v) is 16.9. The normalized spacial score (nSPS) is 23.6. The van der Waals surface area contributed by atoms with Crippen molar-refractivity contribution in [3.63, 3.8) is 0 Å². The molecule has 150 valence electrons. The average Bonchev–Trinajstić information content (AvgIpc) is 2.60. The number of hydrogen-bond donors (Lipinski definition) is 2. The molecule has 0 spiro atoms. The SMILES string of the molecule is CCOC1CC(NC(=O)c2ccc(OCCC(C)C)cc2)(C(=O)O)C1(C)C. The molecule has 0 heterocycles. The van der Waals surface area contributed by atoms with Gasteiger partial charge in [0, 0.05) is 24.0 Å². The van der Waals surface area contributed by atoms with E-state index in [4.69, 9.17) is 9.47 Å². The third kappa shape index (κ3) is 4.26. The first-order chi connectivity index (χ1) is 12.6. The van der Waals surface area contributed by atoms with Gasteiger partial charge in [-0.15, -0.1) is 0 Å². The Bertz CT molecular complexity index is 668. The summed E-state index contributed by atoms with van der Waals surface area (Å²) in [6.07, 6.45) is 1.01. The molecular weight excluding hydrogens is 346 g/mol. The smallest absolute Gasteiger partial charge is 0.330 e. The van der Waals surface area contributed by atoms with Gasteiger partial charge in [-0.2, -0.15) is 0 Å². The van der Waals surface area contributed by atoms with E-state index in [-0.39, 0.29) is 12.5 Å². The summed E-state index contributed by atoms with van der Waals surface area (Å²) in [5, 5.41) is 12.5. The number of carboxylic acids is 1. The van der Waals surface area contributed by atoms with E-state index in [1.54, 1.807) is 24.3 Å². The van der Waals surface area contributed by atoms with Crippen LogP contribution in [0.15, 0.2) is 24.3 Å².